The lowest BCUT2D eigenvalue weighted by molar-refractivity contribution is -0.127. The number of aliphatic hydroxyl groups excluding tert-OH is 1. The third kappa shape index (κ3) is 3.58. The molecule has 2 saturated carbocycles. The van der Waals surface area contributed by atoms with Crippen molar-refractivity contribution in [2.75, 3.05) is 0 Å². The third-order valence-corrected chi connectivity index (χ3v) is 4.77. The summed E-state index contributed by atoms with van der Waals surface area (Å²) in [5, 5.41) is 13.6. The van der Waals surface area contributed by atoms with E-state index in [2.05, 4.69) is 10.3 Å². The summed E-state index contributed by atoms with van der Waals surface area (Å²) in [7, 11) is 0. The van der Waals surface area contributed by atoms with Gasteiger partial charge in [0, 0.05) is 12.1 Å². The van der Waals surface area contributed by atoms with Crippen LogP contribution in [-0.2, 0) is 4.79 Å². The van der Waals surface area contributed by atoms with Crippen LogP contribution in [0.15, 0.2) is 24.5 Å². The van der Waals surface area contributed by atoms with Gasteiger partial charge in [0.1, 0.15) is 18.0 Å². The summed E-state index contributed by atoms with van der Waals surface area (Å²) in [6.45, 7) is 0. The van der Waals surface area contributed by atoms with Crippen LogP contribution in [0.5, 0.6) is 5.75 Å². The Hall–Kier alpha value is -1.62. The lowest BCUT2D eigenvalue weighted by atomic mass is 9.89. The van der Waals surface area contributed by atoms with Crippen molar-refractivity contribution in [3.8, 4) is 5.75 Å². The van der Waals surface area contributed by atoms with E-state index in [0.29, 0.717) is 5.75 Å². The second kappa shape index (κ2) is 7.09. The Morgan fingerprint density at radius 3 is 2.77 bits per heavy atom. The summed E-state index contributed by atoms with van der Waals surface area (Å²) >= 11 is 0. The first-order chi connectivity index (χ1) is 10.7. The minimum Gasteiger partial charge on any atom is -0.486 e. The molecule has 0 radical (unpaired) electrons. The van der Waals surface area contributed by atoms with E-state index in [1.807, 2.05) is 12.1 Å². The molecule has 0 bridgehead atoms. The lowest BCUT2D eigenvalue weighted by Crippen LogP contribution is -2.53. The molecule has 3 atom stereocenters. The summed E-state index contributed by atoms with van der Waals surface area (Å²) in [6, 6.07) is 3.44. The van der Waals surface area contributed by atoms with Crippen LogP contribution in [0.1, 0.15) is 44.9 Å². The van der Waals surface area contributed by atoms with Crippen molar-refractivity contribution in [3.05, 3.63) is 24.5 Å². The first-order valence-corrected chi connectivity index (χ1v) is 8.29. The quantitative estimate of drug-likeness (QED) is 0.893. The van der Waals surface area contributed by atoms with Crippen LogP contribution in [0.25, 0.3) is 0 Å². The average molecular weight is 304 g/mol. The fourth-order valence-corrected chi connectivity index (χ4v) is 3.51. The topological polar surface area (TPSA) is 71.5 Å². The molecule has 120 valence electrons. The van der Waals surface area contributed by atoms with Crippen LogP contribution in [0.4, 0.5) is 0 Å². The highest BCUT2D eigenvalue weighted by molar-refractivity contribution is 5.79. The second-order valence-electron chi connectivity index (χ2n) is 6.36. The van der Waals surface area contributed by atoms with Crippen molar-refractivity contribution < 1.29 is 14.6 Å². The van der Waals surface area contributed by atoms with Crippen molar-refractivity contribution in [3.63, 3.8) is 0 Å². The van der Waals surface area contributed by atoms with E-state index in [1.165, 1.54) is 0 Å². The van der Waals surface area contributed by atoms with Gasteiger partial charge >= 0.3 is 0 Å². The Morgan fingerprint density at radius 1 is 1.23 bits per heavy atom. The van der Waals surface area contributed by atoms with Crippen molar-refractivity contribution in [2.45, 2.75) is 63.2 Å². The van der Waals surface area contributed by atoms with Gasteiger partial charge < -0.3 is 15.2 Å². The summed E-state index contributed by atoms with van der Waals surface area (Å²) in [6.07, 6.45) is 9.16. The molecule has 1 aromatic rings. The largest absolute Gasteiger partial charge is 0.486 e. The van der Waals surface area contributed by atoms with Gasteiger partial charge in [-0.2, -0.15) is 0 Å². The molecule has 5 heteroatoms. The number of aromatic nitrogens is 1. The predicted molar refractivity (Wildman–Crippen MR) is 82.4 cm³/mol. The monoisotopic (exact) mass is 304 g/mol. The number of aliphatic hydroxyl groups is 1. The summed E-state index contributed by atoms with van der Waals surface area (Å²) < 4.78 is 5.84. The fourth-order valence-electron chi connectivity index (χ4n) is 3.51. The summed E-state index contributed by atoms with van der Waals surface area (Å²) in [4.78, 5) is 16.3. The Bertz CT molecular complexity index is 488. The van der Waals surface area contributed by atoms with Gasteiger partial charge in [0.15, 0.2) is 0 Å². The van der Waals surface area contributed by atoms with Gasteiger partial charge in [-0.25, -0.2) is 0 Å². The first kappa shape index (κ1) is 15.3. The number of carbonyl (C=O) groups is 1. The van der Waals surface area contributed by atoms with Gasteiger partial charge in [-0.1, -0.05) is 12.8 Å². The number of pyridine rings is 1. The SMILES string of the molecule is O=C(N[C@@H]1CCC[C@@H](Oc2cccnc2)[C@@H]1O)C1CCCC1. The molecule has 0 aliphatic heterocycles. The molecule has 0 spiro atoms. The Labute approximate surface area is 131 Å². The number of amides is 1. The van der Waals surface area contributed by atoms with Gasteiger partial charge in [-0.05, 0) is 44.2 Å². The molecular weight excluding hydrogens is 280 g/mol. The highest BCUT2D eigenvalue weighted by Gasteiger charge is 2.35. The van der Waals surface area contributed by atoms with Crippen LogP contribution in [0.2, 0.25) is 0 Å². The van der Waals surface area contributed by atoms with Crippen molar-refractivity contribution >= 4 is 5.91 Å². The molecule has 0 unspecified atom stereocenters. The van der Waals surface area contributed by atoms with Crippen molar-refractivity contribution in [1.29, 1.82) is 0 Å². The maximum Gasteiger partial charge on any atom is 0.223 e. The summed E-state index contributed by atoms with van der Waals surface area (Å²) in [5.74, 6) is 0.893. The zero-order valence-electron chi connectivity index (χ0n) is 12.8. The molecule has 2 aliphatic carbocycles. The van der Waals surface area contributed by atoms with E-state index in [1.54, 1.807) is 12.4 Å². The zero-order valence-corrected chi connectivity index (χ0v) is 12.8. The lowest BCUT2D eigenvalue weighted by Gasteiger charge is -2.35. The molecule has 3 rings (SSSR count). The smallest absolute Gasteiger partial charge is 0.223 e. The maximum atomic E-state index is 12.3. The summed E-state index contributed by atoms with van der Waals surface area (Å²) in [5.41, 5.74) is 0. The first-order valence-electron chi connectivity index (χ1n) is 8.29. The highest BCUT2D eigenvalue weighted by Crippen LogP contribution is 2.27. The number of nitrogens with one attached hydrogen (secondary N) is 1. The van der Waals surface area contributed by atoms with E-state index in [9.17, 15) is 9.90 Å². The number of ether oxygens (including phenoxy) is 1. The van der Waals surface area contributed by atoms with E-state index in [-0.39, 0.29) is 24.0 Å². The van der Waals surface area contributed by atoms with Crippen LogP contribution in [0.3, 0.4) is 0 Å². The average Bonchev–Trinajstić information content (AvgIpc) is 3.07. The molecule has 5 nitrogen and oxygen atoms in total. The third-order valence-electron chi connectivity index (χ3n) is 4.77. The number of hydrogen-bond donors (Lipinski definition) is 2. The van der Waals surface area contributed by atoms with Crippen molar-refractivity contribution in [1.82, 2.24) is 10.3 Å². The second-order valence-corrected chi connectivity index (χ2v) is 6.36. The zero-order chi connectivity index (χ0) is 15.4. The van der Waals surface area contributed by atoms with Crippen LogP contribution in [-0.4, -0.2) is 34.2 Å². The molecule has 1 heterocycles. The Balaban J connectivity index is 1.57. The molecule has 1 aromatic heterocycles. The van der Waals surface area contributed by atoms with E-state index in [4.69, 9.17) is 4.74 Å². The Kier molecular flexibility index (Phi) is 4.93. The number of hydrogen-bond acceptors (Lipinski definition) is 4. The molecule has 2 fully saturated rings. The van der Waals surface area contributed by atoms with E-state index in [0.717, 1.165) is 44.9 Å². The molecule has 22 heavy (non-hydrogen) atoms. The van der Waals surface area contributed by atoms with Crippen molar-refractivity contribution in [2.24, 2.45) is 5.92 Å². The number of nitrogens with zero attached hydrogens (tertiary/aromatic N) is 1. The number of carbonyl (C=O) groups excluding carboxylic acids is 1. The van der Waals surface area contributed by atoms with Gasteiger partial charge in [0.2, 0.25) is 5.91 Å². The molecular formula is C17H24N2O3. The van der Waals surface area contributed by atoms with Gasteiger partial charge in [0.05, 0.1) is 12.2 Å². The highest BCUT2D eigenvalue weighted by atomic mass is 16.5. The fraction of sp³-hybridized carbons (Fsp3) is 0.647. The van der Waals surface area contributed by atoms with Crippen LogP contribution < -0.4 is 10.1 Å². The molecule has 0 saturated heterocycles. The molecule has 1 amide bonds. The Morgan fingerprint density at radius 2 is 2.05 bits per heavy atom. The minimum absolute atomic E-state index is 0.101. The van der Waals surface area contributed by atoms with E-state index >= 15 is 0 Å². The molecule has 2 N–H and O–H groups in total. The van der Waals surface area contributed by atoms with Crippen LogP contribution in [0, 0.1) is 5.92 Å². The molecule has 0 aromatic carbocycles. The predicted octanol–water partition coefficient (Wildman–Crippen LogP) is 2.05. The van der Waals surface area contributed by atoms with Crippen LogP contribution >= 0.6 is 0 Å². The standard InChI is InChI=1S/C17H24N2O3/c20-16-14(19-17(21)12-5-1-2-6-12)8-3-9-15(16)22-13-7-4-10-18-11-13/h4,7,10-12,14-16,20H,1-3,5-6,8-9H2,(H,19,21)/t14-,15-,16-/m1/s1. The maximum absolute atomic E-state index is 12.3. The van der Waals surface area contributed by atoms with Gasteiger partial charge in [0.25, 0.3) is 0 Å². The number of rotatable bonds is 4. The normalized spacial score (nSPS) is 29.2. The molecule has 2 aliphatic rings. The van der Waals surface area contributed by atoms with E-state index < -0.39 is 6.10 Å². The van der Waals surface area contributed by atoms with Gasteiger partial charge in [-0.3, -0.25) is 9.78 Å². The minimum atomic E-state index is -0.667. The van der Waals surface area contributed by atoms with Gasteiger partial charge in [-0.15, -0.1) is 0 Å².